The summed E-state index contributed by atoms with van der Waals surface area (Å²) in [5, 5.41) is 1.86. The van der Waals surface area contributed by atoms with Crippen molar-refractivity contribution in [3.05, 3.63) is 51.2 Å². The van der Waals surface area contributed by atoms with Gasteiger partial charge in [-0.25, -0.2) is 9.97 Å². The first-order valence-corrected chi connectivity index (χ1v) is 10.7. The number of benzene rings is 1. The average Bonchev–Trinajstić information content (AvgIpc) is 3.18. The van der Waals surface area contributed by atoms with Gasteiger partial charge in [0.05, 0.1) is 5.25 Å². The summed E-state index contributed by atoms with van der Waals surface area (Å²) in [5.41, 5.74) is 4.80. The Morgan fingerprint density at radius 1 is 1.15 bits per heavy atom. The second-order valence-corrected chi connectivity index (χ2v) is 9.53. The summed E-state index contributed by atoms with van der Waals surface area (Å²) in [5.74, 6) is 0.942. The molecule has 1 atom stereocenters. The van der Waals surface area contributed by atoms with Crippen LogP contribution in [-0.2, 0) is 12.8 Å². The molecule has 5 heteroatoms. The van der Waals surface area contributed by atoms with Crippen molar-refractivity contribution in [3.63, 3.8) is 0 Å². The molecule has 0 N–H and O–H groups in total. The van der Waals surface area contributed by atoms with Gasteiger partial charge in [-0.3, -0.25) is 4.79 Å². The van der Waals surface area contributed by atoms with Gasteiger partial charge in [0.1, 0.15) is 15.7 Å². The number of ketones is 1. The molecular formula is C21H22N2OS2. The molecule has 0 saturated carbocycles. The Bertz CT molecular complexity index is 1020. The minimum Gasteiger partial charge on any atom is -0.293 e. The third kappa shape index (κ3) is 3.08. The fourth-order valence-corrected chi connectivity index (χ4v) is 5.85. The van der Waals surface area contributed by atoms with Crippen molar-refractivity contribution in [1.29, 1.82) is 0 Å². The molecule has 0 spiro atoms. The van der Waals surface area contributed by atoms with Crippen molar-refractivity contribution < 1.29 is 4.79 Å². The van der Waals surface area contributed by atoms with Crippen LogP contribution >= 0.6 is 23.1 Å². The van der Waals surface area contributed by atoms with E-state index in [0.29, 0.717) is 0 Å². The molecule has 3 nitrogen and oxygen atoms in total. The minimum absolute atomic E-state index is 0.174. The highest BCUT2D eigenvalue weighted by Gasteiger charge is 2.22. The van der Waals surface area contributed by atoms with Crippen molar-refractivity contribution >= 4 is 39.1 Å². The molecule has 2 heterocycles. The highest BCUT2D eigenvalue weighted by Crippen LogP contribution is 2.37. The predicted molar refractivity (Wildman–Crippen MR) is 110 cm³/mol. The topological polar surface area (TPSA) is 42.9 Å². The number of fused-ring (bicyclic) bond motifs is 2. The SMILES string of the molecule is Cc1nc(S[C@H](C)C(=O)c2ccc3c(c2)CCC3)c2c(C)c(C)sc2n1. The van der Waals surface area contributed by atoms with Crippen LogP contribution in [-0.4, -0.2) is 21.0 Å². The van der Waals surface area contributed by atoms with Crippen molar-refractivity contribution in [3.8, 4) is 0 Å². The van der Waals surface area contributed by atoms with Crippen LogP contribution in [0.5, 0.6) is 0 Å². The number of hydrogen-bond donors (Lipinski definition) is 0. The van der Waals surface area contributed by atoms with Crippen molar-refractivity contribution in [2.75, 3.05) is 0 Å². The van der Waals surface area contributed by atoms with Crippen LogP contribution in [0.4, 0.5) is 0 Å². The highest BCUT2D eigenvalue weighted by atomic mass is 32.2. The van der Waals surface area contributed by atoms with Crippen LogP contribution in [0.25, 0.3) is 10.2 Å². The first kappa shape index (κ1) is 17.7. The molecule has 1 aliphatic rings. The van der Waals surface area contributed by atoms with E-state index in [1.54, 1.807) is 23.1 Å². The van der Waals surface area contributed by atoms with E-state index in [1.165, 1.54) is 28.0 Å². The van der Waals surface area contributed by atoms with Gasteiger partial charge in [0.2, 0.25) is 0 Å². The fraction of sp³-hybridized carbons (Fsp3) is 0.381. The molecular weight excluding hydrogens is 360 g/mol. The largest absolute Gasteiger partial charge is 0.293 e. The quantitative estimate of drug-likeness (QED) is 0.341. The lowest BCUT2D eigenvalue weighted by atomic mass is 10.0. The first-order valence-electron chi connectivity index (χ1n) is 9.01. The third-order valence-corrected chi connectivity index (χ3v) is 7.34. The normalized spacial score (nSPS) is 14.6. The average molecular weight is 383 g/mol. The molecule has 4 rings (SSSR count). The molecule has 134 valence electrons. The van der Waals surface area contributed by atoms with E-state index in [4.69, 9.17) is 0 Å². The lowest BCUT2D eigenvalue weighted by molar-refractivity contribution is 0.0994. The molecule has 0 amide bonds. The molecule has 1 aliphatic carbocycles. The Morgan fingerprint density at radius 2 is 1.92 bits per heavy atom. The molecule has 0 radical (unpaired) electrons. The highest BCUT2D eigenvalue weighted by molar-refractivity contribution is 8.00. The van der Waals surface area contributed by atoms with E-state index in [1.807, 2.05) is 19.9 Å². The molecule has 0 aliphatic heterocycles. The smallest absolute Gasteiger partial charge is 0.175 e. The van der Waals surface area contributed by atoms with Crippen LogP contribution in [0.2, 0.25) is 0 Å². The van der Waals surface area contributed by atoms with Crippen molar-refractivity contribution in [2.45, 2.75) is 57.2 Å². The van der Waals surface area contributed by atoms with Crippen LogP contribution in [0, 0.1) is 20.8 Å². The second-order valence-electron chi connectivity index (χ2n) is 7.00. The lowest BCUT2D eigenvalue weighted by Gasteiger charge is -2.12. The number of thiophene rings is 1. The maximum absolute atomic E-state index is 13.0. The Balaban J connectivity index is 1.65. The number of nitrogens with zero attached hydrogens (tertiary/aromatic N) is 2. The first-order chi connectivity index (χ1) is 12.4. The maximum Gasteiger partial charge on any atom is 0.175 e. The Morgan fingerprint density at radius 3 is 2.73 bits per heavy atom. The number of carbonyl (C=O) groups excluding carboxylic acids is 1. The summed E-state index contributed by atoms with van der Waals surface area (Å²) in [6.07, 6.45) is 3.44. The Hall–Kier alpha value is -1.72. The lowest BCUT2D eigenvalue weighted by Crippen LogP contribution is -2.14. The van der Waals surface area contributed by atoms with Gasteiger partial charge in [0.15, 0.2) is 5.78 Å². The van der Waals surface area contributed by atoms with Crippen LogP contribution in [0.15, 0.2) is 23.2 Å². The standard InChI is InChI=1S/C21H22N2OS2/c1-11-12(2)25-20-18(11)21(23-14(4)22-20)26-13(3)19(24)17-9-8-15-6-5-7-16(15)10-17/h8-10,13H,5-7H2,1-4H3/t13-/m1/s1. The Kier molecular flexibility index (Phi) is 4.61. The predicted octanol–water partition coefficient (Wildman–Crippen LogP) is 5.47. The van der Waals surface area contributed by atoms with Gasteiger partial charge < -0.3 is 0 Å². The second kappa shape index (κ2) is 6.78. The number of carbonyl (C=O) groups is 1. The number of aromatic nitrogens is 2. The monoisotopic (exact) mass is 382 g/mol. The van der Waals surface area contributed by atoms with Gasteiger partial charge in [0.25, 0.3) is 0 Å². The zero-order chi connectivity index (χ0) is 18.4. The summed E-state index contributed by atoms with van der Waals surface area (Å²) in [7, 11) is 0. The van der Waals surface area contributed by atoms with Gasteiger partial charge in [-0.05, 0) is 69.7 Å². The molecule has 2 aromatic heterocycles. The summed E-state index contributed by atoms with van der Waals surface area (Å²) >= 11 is 3.26. The van der Waals surface area contributed by atoms with Gasteiger partial charge in [-0.1, -0.05) is 23.9 Å². The van der Waals surface area contributed by atoms with E-state index in [9.17, 15) is 4.79 Å². The van der Waals surface area contributed by atoms with Crippen molar-refractivity contribution in [2.24, 2.45) is 0 Å². The minimum atomic E-state index is -0.174. The van der Waals surface area contributed by atoms with Gasteiger partial charge in [-0.15, -0.1) is 11.3 Å². The molecule has 1 aromatic carbocycles. The number of Topliss-reactive ketones (excluding diaryl/α,β-unsaturated/α-hetero) is 1. The Labute approximate surface area is 162 Å². The molecule has 0 bridgehead atoms. The number of hydrogen-bond acceptors (Lipinski definition) is 5. The summed E-state index contributed by atoms with van der Waals surface area (Å²) in [4.78, 5) is 24.5. The summed E-state index contributed by atoms with van der Waals surface area (Å²) in [6, 6.07) is 6.22. The van der Waals surface area contributed by atoms with E-state index >= 15 is 0 Å². The third-order valence-electron chi connectivity index (χ3n) is 5.15. The molecule has 0 fully saturated rings. The number of rotatable bonds is 4. The van der Waals surface area contributed by atoms with Gasteiger partial charge in [-0.2, -0.15) is 0 Å². The molecule has 0 saturated heterocycles. The number of aryl methyl sites for hydroxylation is 5. The summed E-state index contributed by atoms with van der Waals surface area (Å²) < 4.78 is 0. The van der Waals surface area contributed by atoms with E-state index in [2.05, 4.69) is 35.9 Å². The molecule has 0 unspecified atom stereocenters. The van der Waals surface area contributed by atoms with Crippen molar-refractivity contribution in [1.82, 2.24) is 9.97 Å². The van der Waals surface area contributed by atoms with Crippen LogP contribution in [0.3, 0.4) is 0 Å². The van der Waals surface area contributed by atoms with E-state index in [-0.39, 0.29) is 11.0 Å². The van der Waals surface area contributed by atoms with Gasteiger partial charge >= 0.3 is 0 Å². The summed E-state index contributed by atoms with van der Waals surface area (Å²) in [6.45, 7) is 8.13. The van der Waals surface area contributed by atoms with E-state index < -0.39 is 0 Å². The van der Waals surface area contributed by atoms with Gasteiger partial charge in [0, 0.05) is 15.8 Å². The fourth-order valence-electron chi connectivity index (χ4n) is 3.58. The van der Waals surface area contributed by atoms with E-state index in [0.717, 1.165) is 39.5 Å². The zero-order valence-electron chi connectivity index (χ0n) is 15.5. The van der Waals surface area contributed by atoms with Crippen LogP contribution < -0.4 is 0 Å². The molecule has 3 aromatic rings. The maximum atomic E-state index is 13.0. The molecule has 26 heavy (non-hydrogen) atoms. The number of thioether (sulfide) groups is 1. The zero-order valence-corrected chi connectivity index (χ0v) is 17.2. The van der Waals surface area contributed by atoms with Crippen LogP contribution in [0.1, 0.15) is 51.1 Å².